The molecule has 1 aliphatic heterocycles. The van der Waals surface area contributed by atoms with Crippen molar-refractivity contribution >= 4 is 11.6 Å². The Morgan fingerprint density at radius 1 is 1.47 bits per heavy atom. The Balaban J connectivity index is 1.99. The van der Waals surface area contributed by atoms with E-state index in [4.69, 9.17) is 10.00 Å². The predicted octanol–water partition coefficient (Wildman–Crippen LogP) is 1.50. The van der Waals surface area contributed by atoms with Crippen molar-refractivity contribution in [2.75, 3.05) is 25.6 Å². The fraction of sp³-hybridized carbons (Fsp3) is 0.429. The number of carbonyl (C=O) groups excluding carboxylic acids is 1. The highest BCUT2D eigenvalue weighted by Crippen LogP contribution is 2.25. The van der Waals surface area contributed by atoms with Crippen LogP contribution in [0, 0.1) is 11.3 Å². The Bertz CT molecular complexity index is 508. The van der Waals surface area contributed by atoms with E-state index in [9.17, 15) is 4.79 Å². The van der Waals surface area contributed by atoms with Gasteiger partial charge in [-0.2, -0.15) is 5.26 Å². The van der Waals surface area contributed by atoms with Crippen molar-refractivity contribution < 1.29 is 9.53 Å². The molecule has 0 bridgehead atoms. The Kier molecular flexibility index (Phi) is 4.50. The van der Waals surface area contributed by atoms with Gasteiger partial charge in [-0.05, 0) is 23.3 Å². The number of hydrogen-bond donors (Lipinski definition) is 1. The van der Waals surface area contributed by atoms with E-state index in [1.54, 1.807) is 7.11 Å². The topological polar surface area (TPSA) is 65.4 Å². The van der Waals surface area contributed by atoms with E-state index < -0.39 is 0 Å². The molecule has 0 fully saturated rings. The first kappa shape index (κ1) is 13.5. The summed E-state index contributed by atoms with van der Waals surface area (Å²) in [5.41, 5.74) is 3.27. The molecule has 0 spiro atoms. The van der Waals surface area contributed by atoms with Gasteiger partial charge >= 0.3 is 0 Å². The molecule has 5 heteroatoms. The number of hydrogen-bond acceptors (Lipinski definition) is 4. The van der Waals surface area contributed by atoms with Gasteiger partial charge in [0.05, 0.1) is 12.7 Å². The molecule has 1 N–H and O–H groups in total. The quantitative estimate of drug-likeness (QED) is 0.870. The molecule has 0 atom stereocenters. The Morgan fingerprint density at radius 3 is 3.00 bits per heavy atom. The highest BCUT2D eigenvalue weighted by Gasteiger charge is 2.18. The van der Waals surface area contributed by atoms with Gasteiger partial charge in [-0.25, -0.2) is 0 Å². The van der Waals surface area contributed by atoms with E-state index in [1.807, 2.05) is 24.3 Å². The van der Waals surface area contributed by atoms with Gasteiger partial charge in [0.15, 0.2) is 0 Å². The van der Waals surface area contributed by atoms with Crippen LogP contribution in [0.2, 0.25) is 0 Å². The minimum Gasteiger partial charge on any atom is -0.383 e. The number of methoxy groups -OCH3 is 1. The standard InChI is InChI=1S/C14H17N3O2/c1-19-7-6-17-9-11-2-3-13(8-12(11)10-17)16-14(18)4-5-15/h2-3,8H,4,6-7,9-10H2,1H3,(H,16,18). The second-order valence-electron chi connectivity index (χ2n) is 4.57. The highest BCUT2D eigenvalue weighted by molar-refractivity contribution is 5.92. The summed E-state index contributed by atoms with van der Waals surface area (Å²) < 4.78 is 5.08. The lowest BCUT2D eigenvalue weighted by molar-refractivity contribution is -0.115. The van der Waals surface area contributed by atoms with Crippen molar-refractivity contribution in [2.45, 2.75) is 19.5 Å². The lowest BCUT2D eigenvalue weighted by Gasteiger charge is -2.13. The molecule has 5 nitrogen and oxygen atoms in total. The third-order valence-corrected chi connectivity index (χ3v) is 3.13. The molecule has 0 aromatic heterocycles. The number of fused-ring (bicyclic) bond motifs is 1. The molecular formula is C14H17N3O2. The zero-order chi connectivity index (χ0) is 13.7. The summed E-state index contributed by atoms with van der Waals surface area (Å²) in [7, 11) is 1.70. The number of nitrogens with one attached hydrogen (secondary N) is 1. The van der Waals surface area contributed by atoms with Crippen LogP contribution in [0.3, 0.4) is 0 Å². The minimum absolute atomic E-state index is 0.114. The summed E-state index contributed by atoms with van der Waals surface area (Å²) in [6.45, 7) is 3.42. The number of carbonyl (C=O) groups is 1. The number of nitrogens with zero attached hydrogens (tertiary/aromatic N) is 2. The lowest BCUT2D eigenvalue weighted by Crippen LogP contribution is -2.21. The van der Waals surface area contributed by atoms with Crippen LogP contribution in [-0.2, 0) is 22.6 Å². The van der Waals surface area contributed by atoms with Gasteiger partial charge in [-0.15, -0.1) is 0 Å². The van der Waals surface area contributed by atoms with Crippen LogP contribution in [0.4, 0.5) is 5.69 Å². The van der Waals surface area contributed by atoms with Gasteiger partial charge in [0.25, 0.3) is 0 Å². The van der Waals surface area contributed by atoms with E-state index in [2.05, 4.69) is 10.2 Å². The second kappa shape index (κ2) is 6.32. The summed E-state index contributed by atoms with van der Waals surface area (Å²) in [4.78, 5) is 13.7. The van der Waals surface area contributed by atoms with Gasteiger partial charge in [0.1, 0.15) is 6.42 Å². The number of benzene rings is 1. The van der Waals surface area contributed by atoms with Gasteiger partial charge in [0.2, 0.25) is 5.91 Å². The minimum atomic E-state index is -0.267. The van der Waals surface area contributed by atoms with E-state index in [0.717, 1.165) is 31.9 Å². The maximum absolute atomic E-state index is 11.4. The van der Waals surface area contributed by atoms with Crippen LogP contribution in [-0.4, -0.2) is 31.1 Å². The molecule has 0 saturated heterocycles. The maximum Gasteiger partial charge on any atom is 0.238 e. The Labute approximate surface area is 112 Å². The van der Waals surface area contributed by atoms with E-state index in [1.165, 1.54) is 11.1 Å². The summed E-state index contributed by atoms with van der Waals surface area (Å²) in [6.07, 6.45) is -0.114. The molecule has 19 heavy (non-hydrogen) atoms. The molecule has 0 radical (unpaired) electrons. The molecule has 1 aliphatic rings. The number of nitriles is 1. The third kappa shape index (κ3) is 3.53. The van der Waals surface area contributed by atoms with Crippen molar-refractivity contribution in [1.29, 1.82) is 5.26 Å². The van der Waals surface area contributed by atoms with Crippen LogP contribution in [0.5, 0.6) is 0 Å². The first-order chi connectivity index (χ1) is 9.22. The fourth-order valence-electron chi connectivity index (χ4n) is 2.20. The largest absolute Gasteiger partial charge is 0.383 e. The SMILES string of the molecule is COCCN1Cc2ccc(NC(=O)CC#N)cc2C1. The molecule has 1 amide bonds. The zero-order valence-electron chi connectivity index (χ0n) is 11.0. The summed E-state index contributed by atoms with van der Waals surface area (Å²) in [5, 5.41) is 11.2. The van der Waals surface area contributed by atoms with E-state index >= 15 is 0 Å². The Hall–Kier alpha value is -1.90. The van der Waals surface area contributed by atoms with Crippen LogP contribution < -0.4 is 5.32 Å². The van der Waals surface area contributed by atoms with E-state index in [-0.39, 0.29) is 12.3 Å². The summed E-state index contributed by atoms with van der Waals surface area (Å²) in [6, 6.07) is 7.73. The first-order valence-corrected chi connectivity index (χ1v) is 6.23. The number of rotatable bonds is 5. The molecular weight excluding hydrogens is 242 g/mol. The maximum atomic E-state index is 11.4. The van der Waals surface area contributed by atoms with Gasteiger partial charge < -0.3 is 10.1 Å². The number of anilines is 1. The predicted molar refractivity (Wildman–Crippen MR) is 71.3 cm³/mol. The Morgan fingerprint density at radius 2 is 2.26 bits per heavy atom. The molecule has 1 aromatic carbocycles. The third-order valence-electron chi connectivity index (χ3n) is 3.13. The van der Waals surface area contributed by atoms with Crippen molar-refractivity contribution in [3.8, 4) is 6.07 Å². The highest BCUT2D eigenvalue weighted by atomic mass is 16.5. The average Bonchev–Trinajstić information content (AvgIpc) is 2.78. The molecule has 0 unspecified atom stereocenters. The second-order valence-corrected chi connectivity index (χ2v) is 4.57. The fourth-order valence-corrected chi connectivity index (χ4v) is 2.20. The molecule has 0 saturated carbocycles. The van der Waals surface area contributed by atoms with Crippen molar-refractivity contribution in [3.63, 3.8) is 0 Å². The smallest absolute Gasteiger partial charge is 0.238 e. The van der Waals surface area contributed by atoms with Gasteiger partial charge in [-0.3, -0.25) is 9.69 Å². The molecule has 100 valence electrons. The van der Waals surface area contributed by atoms with Crippen LogP contribution in [0.25, 0.3) is 0 Å². The number of ether oxygens (including phenoxy) is 1. The average molecular weight is 259 g/mol. The molecule has 1 heterocycles. The van der Waals surface area contributed by atoms with Crippen LogP contribution in [0.1, 0.15) is 17.5 Å². The van der Waals surface area contributed by atoms with Gasteiger partial charge in [-0.1, -0.05) is 6.07 Å². The molecule has 1 aromatic rings. The zero-order valence-corrected chi connectivity index (χ0v) is 11.0. The summed E-state index contributed by atoms with van der Waals surface area (Å²) >= 11 is 0. The monoisotopic (exact) mass is 259 g/mol. The normalized spacial score (nSPS) is 13.9. The van der Waals surface area contributed by atoms with E-state index in [0.29, 0.717) is 0 Å². The first-order valence-electron chi connectivity index (χ1n) is 6.23. The molecule has 2 rings (SSSR count). The lowest BCUT2D eigenvalue weighted by atomic mass is 10.1. The number of amides is 1. The van der Waals surface area contributed by atoms with Crippen molar-refractivity contribution in [3.05, 3.63) is 29.3 Å². The van der Waals surface area contributed by atoms with Crippen LogP contribution in [0.15, 0.2) is 18.2 Å². The molecule has 0 aliphatic carbocycles. The van der Waals surface area contributed by atoms with Gasteiger partial charge in [0, 0.05) is 32.4 Å². The van der Waals surface area contributed by atoms with Crippen LogP contribution >= 0.6 is 0 Å². The summed E-state index contributed by atoms with van der Waals surface area (Å²) in [5.74, 6) is -0.267. The van der Waals surface area contributed by atoms with Crippen molar-refractivity contribution in [2.24, 2.45) is 0 Å². The van der Waals surface area contributed by atoms with Crippen molar-refractivity contribution in [1.82, 2.24) is 4.90 Å².